The van der Waals surface area contributed by atoms with E-state index in [0.717, 1.165) is 6.92 Å². The van der Waals surface area contributed by atoms with E-state index in [4.69, 9.17) is 28.7 Å². The van der Waals surface area contributed by atoms with Crippen LogP contribution in [0.3, 0.4) is 0 Å². The summed E-state index contributed by atoms with van der Waals surface area (Å²) in [7, 11) is 0. The van der Waals surface area contributed by atoms with Crippen LogP contribution in [0.2, 0.25) is 0 Å². The summed E-state index contributed by atoms with van der Waals surface area (Å²) >= 11 is 0. The highest BCUT2D eigenvalue weighted by molar-refractivity contribution is 6.43. The molecule has 0 aliphatic rings. The number of aliphatic carboxylic acids is 3. The topological polar surface area (TPSA) is 732 Å². The molecule has 0 saturated heterocycles. The lowest BCUT2D eigenvalue weighted by Gasteiger charge is -2.30. The number of imidazole rings is 2. The number of amides is 13. The standard InChI is InChI=1S/C74H122N22O22/c1-10-40(8)59(96-66(110)46(18-12-14-24-76)86-69(113)52(29-42-32-80-35-83-42)93-70(114)53(30-43-33-81-36-84-43)92-64(108)47(85-41(9)98)20-22-57(100)101)72(116)88-45(17-11-13-23-75)63(107)89-49(26-37(2)3)61(105)60(104)44(16-15-25-82-74(78)79)62(106)90-50(27-38(4)5)67(111)87-48(19-21-56(77)99)65(109)91-51(28-39(6)7)68(112)94-54(31-58(102)103)71(115)95-55(34-97)73(117)118/h32-33,35-40,44-55,59,97H,10-31,34,75-76H2,1-9H3,(H2,77,99)(H,80,83)(H,81,84)(H,85,98)(H,86,113)(H,87,111)(H,88,116)(H,89,107)(H,90,106)(H,91,109)(H,92,108)(H,93,114)(H,94,112)(H,95,115)(H,96,110)(H,100,101)(H,102,103)(H,117,118)(H4,78,79,82)/t40-,44+,45-,46-,47-,48-,49-,50-,51-,52-,53-,54-,55-,59-/m0/s1. The molecule has 2 aromatic rings. The predicted molar refractivity (Wildman–Crippen MR) is 423 cm³/mol. The van der Waals surface area contributed by atoms with Crippen LogP contribution in [0.1, 0.15) is 183 Å². The number of carboxylic acids is 3. The molecule has 0 radical (unpaired) electrons. The Labute approximate surface area is 682 Å². The van der Waals surface area contributed by atoms with Gasteiger partial charge in [0.2, 0.25) is 88.4 Å². The molecule has 660 valence electrons. The summed E-state index contributed by atoms with van der Waals surface area (Å²) in [6.07, 6.45) is 1.63. The number of H-pyrrole nitrogens is 2. The van der Waals surface area contributed by atoms with Crippen LogP contribution >= 0.6 is 0 Å². The highest BCUT2D eigenvalue weighted by Gasteiger charge is 2.42. The first kappa shape index (κ1) is 103. The molecule has 0 fully saturated rings. The van der Waals surface area contributed by atoms with Crippen molar-refractivity contribution in [1.82, 2.24) is 83.7 Å². The maximum absolute atomic E-state index is 14.9. The number of ketones is 2. The summed E-state index contributed by atoms with van der Waals surface area (Å²) in [5.41, 5.74) is 29.0. The van der Waals surface area contributed by atoms with Gasteiger partial charge in [-0.2, -0.15) is 0 Å². The second-order valence-corrected chi connectivity index (χ2v) is 30.0. The number of nitrogens with two attached hydrogens (primary N) is 5. The van der Waals surface area contributed by atoms with Crippen molar-refractivity contribution in [2.24, 2.45) is 63.3 Å². The SMILES string of the molecule is CC[C@H](C)[C@H](NC(=O)[C@H](CCCCN)NC(=O)[C@H](Cc1cnc[nH]1)NC(=O)[C@H](Cc1cnc[nH]1)NC(=O)[C@H](CCC(=O)O)NC(C)=O)C(=O)N[C@@H](CCCCN)C(=O)N[C@@H](CC(C)C)C(=O)C(=O)[C@@H](CCCN=C(N)N)C(=O)N[C@@H](CC(C)C)C(=O)N[C@@H](CCC(N)=O)C(=O)N[C@@H](CC(C)C)C(=O)N[C@@H](CC(=O)O)C(=O)N[C@@H](CO)C(=O)O. The molecule has 44 nitrogen and oxygen atoms in total. The zero-order valence-corrected chi connectivity index (χ0v) is 68.3. The second-order valence-electron chi connectivity index (χ2n) is 30.0. The number of aliphatic hydroxyl groups is 1. The number of rotatable bonds is 60. The number of aromatic nitrogens is 4. The van der Waals surface area contributed by atoms with Crippen molar-refractivity contribution in [2.75, 3.05) is 26.2 Å². The fourth-order valence-electron chi connectivity index (χ4n) is 12.1. The van der Waals surface area contributed by atoms with Gasteiger partial charge in [0.1, 0.15) is 72.4 Å². The lowest BCUT2D eigenvalue weighted by Crippen LogP contribution is -2.61. The third-order valence-corrected chi connectivity index (χ3v) is 18.5. The summed E-state index contributed by atoms with van der Waals surface area (Å²) in [6, 6.07) is -19.4. The molecule has 0 unspecified atom stereocenters. The van der Waals surface area contributed by atoms with Gasteiger partial charge < -0.3 is 123 Å². The fraction of sp³-hybridized carbons (Fsp3) is 0.662. The van der Waals surface area contributed by atoms with Gasteiger partial charge in [0.25, 0.3) is 0 Å². The van der Waals surface area contributed by atoms with Crippen LogP contribution in [-0.2, 0) is 99.1 Å². The number of primary amides is 1. The third kappa shape index (κ3) is 38.9. The average Bonchev–Trinajstić information content (AvgIpc) is 1.24. The first-order chi connectivity index (χ1) is 55.5. The number of carbonyl (C=O) groups excluding carboxylic acids is 15. The summed E-state index contributed by atoms with van der Waals surface area (Å²) in [4.78, 5) is 265. The highest BCUT2D eigenvalue weighted by atomic mass is 16.4. The molecule has 118 heavy (non-hydrogen) atoms. The molecule has 0 aromatic carbocycles. The molecule has 2 aromatic heterocycles. The Morgan fingerprint density at radius 3 is 1.21 bits per heavy atom. The van der Waals surface area contributed by atoms with Crippen molar-refractivity contribution in [3.8, 4) is 0 Å². The third-order valence-electron chi connectivity index (χ3n) is 18.5. The van der Waals surface area contributed by atoms with Crippen LogP contribution in [0.25, 0.3) is 0 Å². The van der Waals surface area contributed by atoms with Gasteiger partial charge in [0, 0.05) is 62.9 Å². The smallest absolute Gasteiger partial charge is 0.328 e. The van der Waals surface area contributed by atoms with E-state index in [2.05, 4.69) is 83.4 Å². The number of aliphatic imine (C=N–C) groups is 1. The van der Waals surface area contributed by atoms with Crippen molar-refractivity contribution < 1.29 is 107 Å². The van der Waals surface area contributed by atoms with E-state index in [0.29, 0.717) is 24.2 Å². The Morgan fingerprint density at radius 2 is 0.805 bits per heavy atom. The largest absolute Gasteiger partial charge is 0.481 e. The van der Waals surface area contributed by atoms with Gasteiger partial charge in [-0.25, -0.2) is 14.8 Å². The van der Waals surface area contributed by atoms with Gasteiger partial charge in [0.15, 0.2) is 5.96 Å². The van der Waals surface area contributed by atoms with E-state index < -0.39 is 247 Å². The highest BCUT2D eigenvalue weighted by Crippen LogP contribution is 2.20. The zero-order chi connectivity index (χ0) is 89.1. The number of nitrogens with one attached hydrogen (secondary N) is 14. The van der Waals surface area contributed by atoms with Crippen molar-refractivity contribution >= 4 is 112 Å². The normalized spacial score (nSPS) is 14.8. The fourth-order valence-corrected chi connectivity index (χ4v) is 12.1. The number of hydrogen-bond acceptors (Lipinski definition) is 24. The summed E-state index contributed by atoms with van der Waals surface area (Å²) in [5, 5.41) is 67.6. The van der Waals surface area contributed by atoms with Crippen LogP contribution in [0.5, 0.6) is 0 Å². The van der Waals surface area contributed by atoms with E-state index in [1.807, 2.05) is 5.32 Å². The molecule has 0 saturated carbocycles. The molecule has 28 N–H and O–H groups in total. The van der Waals surface area contributed by atoms with Gasteiger partial charge in [-0.05, 0) is 120 Å². The summed E-state index contributed by atoms with van der Waals surface area (Å²) in [5.74, 6) is -24.7. The molecule has 44 heteroatoms. The number of nitrogens with zero attached hydrogens (tertiary/aromatic N) is 3. The van der Waals surface area contributed by atoms with Gasteiger partial charge >= 0.3 is 17.9 Å². The van der Waals surface area contributed by atoms with E-state index in [1.165, 1.54) is 25.0 Å². The first-order valence-electron chi connectivity index (χ1n) is 39.2. The first-order valence-corrected chi connectivity index (χ1v) is 39.2. The number of aromatic amines is 2. The average molecular weight is 1670 g/mol. The van der Waals surface area contributed by atoms with E-state index in [-0.39, 0.29) is 103 Å². The number of aliphatic hydroxyl groups excluding tert-OH is 1. The molecule has 2 heterocycles. The van der Waals surface area contributed by atoms with Crippen LogP contribution in [0.15, 0.2) is 30.0 Å². The quantitative estimate of drug-likeness (QED) is 0.00967. The number of guanidine groups is 1. The predicted octanol–water partition coefficient (Wildman–Crippen LogP) is -5.31. The van der Waals surface area contributed by atoms with Crippen molar-refractivity contribution in [2.45, 2.75) is 257 Å². The van der Waals surface area contributed by atoms with E-state index >= 15 is 0 Å². The molecule has 0 aliphatic carbocycles. The molecular weight excluding hydrogens is 1550 g/mol. The Kier molecular flexibility index (Phi) is 46.6. The number of hydrogen-bond donors (Lipinski definition) is 23. The van der Waals surface area contributed by atoms with Crippen LogP contribution in [0, 0.1) is 29.6 Å². The van der Waals surface area contributed by atoms with Crippen molar-refractivity contribution in [3.05, 3.63) is 36.4 Å². The summed E-state index contributed by atoms with van der Waals surface area (Å²) < 4.78 is 0. The van der Waals surface area contributed by atoms with Gasteiger partial charge in [-0.15, -0.1) is 0 Å². The number of Topliss-reactive ketones (excluding diaryl/α,β-unsaturated/α-hetero) is 2. The van der Waals surface area contributed by atoms with E-state index in [1.54, 1.807) is 55.4 Å². The minimum absolute atomic E-state index is 0.0801. The minimum Gasteiger partial charge on any atom is -0.481 e. The molecular formula is C74H122N22O22. The Bertz CT molecular complexity index is 3700. The Morgan fingerprint density at radius 1 is 0.424 bits per heavy atom. The van der Waals surface area contributed by atoms with Crippen molar-refractivity contribution in [3.63, 3.8) is 0 Å². The van der Waals surface area contributed by atoms with Gasteiger partial charge in [0.05, 0.1) is 31.7 Å². The van der Waals surface area contributed by atoms with Crippen LogP contribution in [-0.4, -0.2) is 251 Å². The number of carboxylic acid groups (broad SMARTS) is 3. The zero-order valence-electron chi connectivity index (χ0n) is 68.3. The van der Waals surface area contributed by atoms with Gasteiger partial charge in [-0.1, -0.05) is 61.8 Å². The minimum atomic E-state index is -1.95. The summed E-state index contributed by atoms with van der Waals surface area (Å²) in [6.45, 7) is 13.3. The molecule has 13 amide bonds. The molecule has 0 spiro atoms. The van der Waals surface area contributed by atoms with Crippen molar-refractivity contribution in [1.29, 1.82) is 0 Å². The molecule has 0 aliphatic heterocycles. The number of carbonyl (C=O) groups is 18. The van der Waals surface area contributed by atoms with Gasteiger partial charge in [-0.3, -0.25) is 86.5 Å². The maximum Gasteiger partial charge on any atom is 0.328 e. The van der Waals surface area contributed by atoms with Crippen LogP contribution < -0.4 is 92.5 Å². The van der Waals surface area contributed by atoms with Crippen LogP contribution in [0.4, 0.5) is 0 Å². The number of unbranched alkanes of at least 4 members (excludes halogenated alkanes) is 2. The maximum atomic E-state index is 14.9. The monoisotopic (exact) mass is 1670 g/mol. The molecule has 2 rings (SSSR count). The Hall–Kier alpha value is -11.6. The second kappa shape index (κ2) is 53.6. The Balaban J connectivity index is 2.67. The molecule has 0 bridgehead atoms. The molecule has 14 atom stereocenters. The van der Waals surface area contributed by atoms with E-state index in [9.17, 15) is 107 Å². The lowest BCUT2D eigenvalue weighted by molar-refractivity contribution is -0.146. The lowest BCUT2D eigenvalue weighted by atomic mass is 9.88.